The third kappa shape index (κ3) is 4.22. The van der Waals surface area contributed by atoms with Crippen LogP contribution < -0.4 is 4.74 Å². The summed E-state index contributed by atoms with van der Waals surface area (Å²) >= 11 is 5.59. The largest absolute Gasteiger partial charge is 0.496 e. The summed E-state index contributed by atoms with van der Waals surface area (Å²) in [6.07, 6.45) is 0.738. The van der Waals surface area contributed by atoms with E-state index >= 15 is 0 Å². The Labute approximate surface area is 112 Å². The van der Waals surface area contributed by atoms with Crippen molar-refractivity contribution in [2.24, 2.45) is 0 Å². The van der Waals surface area contributed by atoms with Crippen LogP contribution in [0.1, 0.15) is 15.9 Å². The van der Waals surface area contributed by atoms with E-state index in [-0.39, 0.29) is 0 Å². The maximum atomic E-state index is 10.1. The molecule has 0 aliphatic heterocycles. The number of aryl methyl sites for hydroxylation is 1. The van der Waals surface area contributed by atoms with Crippen molar-refractivity contribution in [3.05, 3.63) is 64.7 Å². The first kappa shape index (κ1) is 14.3. The summed E-state index contributed by atoms with van der Waals surface area (Å²) < 4.78 is 5.04. The van der Waals surface area contributed by atoms with Crippen LogP contribution >= 0.6 is 11.6 Å². The van der Waals surface area contributed by atoms with E-state index in [4.69, 9.17) is 16.3 Å². The standard InChI is InChI=1S/C8H10O.C7H5ClO/c1-7-5-3-4-6-8(7)9-2;8-7-4-2-1-3-6(7)5-9/h3-6H,1-2H3;1-5H. The fraction of sp³-hybridized carbons (Fsp3) is 0.133. The van der Waals surface area contributed by atoms with E-state index in [1.807, 2.05) is 31.2 Å². The van der Waals surface area contributed by atoms with E-state index in [9.17, 15) is 4.79 Å². The smallest absolute Gasteiger partial charge is 0.151 e. The summed E-state index contributed by atoms with van der Waals surface area (Å²) in [5, 5.41) is 0.507. The number of ether oxygens (including phenoxy) is 1. The maximum Gasteiger partial charge on any atom is 0.151 e. The van der Waals surface area contributed by atoms with Crippen LogP contribution in [0.25, 0.3) is 0 Å². The van der Waals surface area contributed by atoms with Gasteiger partial charge in [-0.05, 0) is 24.6 Å². The molecule has 94 valence electrons. The Hall–Kier alpha value is -1.80. The number of para-hydroxylation sites is 1. The van der Waals surface area contributed by atoms with Gasteiger partial charge in [0.05, 0.1) is 12.1 Å². The zero-order chi connectivity index (χ0) is 13.4. The Bertz CT molecular complexity index is 509. The number of aldehydes is 1. The number of benzene rings is 2. The van der Waals surface area contributed by atoms with Crippen LogP contribution in [0.15, 0.2) is 48.5 Å². The Morgan fingerprint density at radius 3 is 2.11 bits per heavy atom. The first-order chi connectivity index (χ1) is 8.69. The highest BCUT2D eigenvalue weighted by atomic mass is 35.5. The van der Waals surface area contributed by atoms with E-state index in [1.54, 1.807) is 31.4 Å². The van der Waals surface area contributed by atoms with Crippen LogP contribution in [0.5, 0.6) is 5.75 Å². The predicted octanol–water partition coefficient (Wildman–Crippen LogP) is 4.16. The topological polar surface area (TPSA) is 26.3 Å². The van der Waals surface area contributed by atoms with Crippen LogP contribution in [0.2, 0.25) is 5.02 Å². The summed E-state index contributed by atoms with van der Waals surface area (Å²) in [5.41, 5.74) is 1.72. The Kier molecular flexibility index (Phi) is 5.95. The van der Waals surface area contributed by atoms with E-state index in [0.29, 0.717) is 10.6 Å². The molecule has 0 aliphatic rings. The van der Waals surface area contributed by atoms with Gasteiger partial charge in [-0.1, -0.05) is 48.0 Å². The van der Waals surface area contributed by atoms with Crippen molar-refractivity contribution in [1.29, 1.82) is 0 Å². The third-order valence-electron chi connectivity index (χ3n) is 2.35. The van der Waals surface area contributed by atoms with Gasteiger partial charge in [-0.2, -0.15) is 0 Å². The van der Waals surface area contributed by atoms with Crippen LogP contribution in [0, 0.1) is 6.92 Å². The van der Waals surface area contributed by atoms with Crippen LogP contribution in [-0.4, -0.2) is 13.4 Å². The molecule has 2 aromatic rings. The average molecular weight is 263 g/mol. The van der Waals surface area contributed by atoms with E-state index in [1.165, 1.54) is 5.56 Å². The van der Waals surface area contributed by atoms with Crippen LogP contribution in [0.3, 0.4) is 0 Å². The molecule has 0 N–H and O–H groups in total. The number of hydrogen-bond donors (Lipinski definition) is 0. The molecule has 0 saturated carbocycles. The van der Waals surface area contributed by atoms with Crippen molar-refractivity contribution < 1.29 is 9.53 Å². The van der Waals surface area contributed by atoms with Gasteiger partial charge < -0.3 is 4.74 Å². The Morgan fingerprint density at radius 2 is 1.67 bits per heavy atom. The molecule has 2 aromatic carbocycles. The van der Waals surface area contributed by atoms with Gasteiger partial charge in [0.2, 0.25) is 0 Å². The molecule has 0 amide bonds. The summed E-state index contributed by atoms with van der Waals surface area (Å²) in [5.74, 6) is 0.956. The minimum atomic E-state index is 0.507. The van der Waals surface area contributed by atoms with Crippen molar-refractivity contribution in [1.82, 2.24) is 0 Å². The molecule has 0 aromatic heterocycles. The molecule has 18 heavy (non-hydrogen) atoms. The lowest BCUT2D eigenvalue weighted by molar-refractivity contribution is 0.112. The number of hydrogen-bond acceptors (Lipinski definition) is 2. The van der Waals surface area contributed by atoms with Gasteiger partial charge in [-0.3, -0.25) is 4.79 Å². The first-order valence-electron chi connectivity index (χ1n) is 5.48. The molecule has 0 bridgehead atoms. The van der Waals surface area contributed by atoms with E-state index < -0.39 is 0 Å². The van der Waals surface area contributed by atoms with Gasteiger partial charge in [0.25, 0.3) is 0 Å². The molecule has 0 heterocycles. The number of halogens is 1. The normalized spacial score (nSPS) is 9.06. The molecule has 0 saturated heterocycles. The monoisotopic (exact) mass is 262 g/mol. The molecular formula is C15H15ClO2. The molecular weight excluding hydrogens is 248 g/mol. The summed E-state index contributed by atoms with van der Waals surface area (Å²) in [6, 6.07) is 14.9. The van der Waals surface area contributed by atoms with Crippen molar-refractivity contribution in [2.45, 2.75) is 6.92 Å². The number of rotatable bonds is 2. The number of methoxy groups -OCH3 is 1. The van der Waals surface area contributed by atoms with Crippen molar-refractivity contribution >= 4 is 17.9 Å². The quantitative estimate of drug-likeness (QED) is 0.760. The molecule has 0 radical (unpaired) electrons. The molecule has 0 aliphatic carbocycles. The third-order valence-corrected chi connectivity index (χ3v) is 2.69. The Morgan fingerprint density at radius 1 is 1.06 bits per heavy atom. The van der Waals surface area contributed by atoms with Gasteiger partial charge >= 0.3 is 0 Å². The minimum absolute atomic E-state index is 0.507. The van der Waals surface area contributed by atoms with Gasteiger partial charge in [0.1, 0.15) is 5.75 Å². The number of carbonyl (C=O) groups excluding carboxylic acids is 1. The fourth-order valence-electron chi connectivity index (χ4n) is 1.36. The van der Waals surface area contributed by atoms with Crippen molar-refractivity contribution in [3.8, 4) is 5.75 Å². The predicted molar refractivity (Wildman–Crippen MR) is 74.6 cm³/mol. The van der Waals surface area contributed by atoms with Gasteiger partial charge in [0.15, 0.2) is 6.29 Å². The molecule has 3 heteroatoms. The molecule has 0 unspecified atom stereocenters. The minimum Gasteiger partial charge on any atom is -0.496 e. The SMILES string of the molecule is COc1ccccc1C.O=Cc1ccccc1Cl. The molecule has 2 rings (SSSR count). The van der Waals surface area contributed by atoms with E-state index in [0.717, 1.165) is 12.0 Å². The molecule has 2 nitrogen and oxygen atoms in total. The van der Waals surface area contributed by atoms with Gasteiger partial charge in [-0.15, -0.1) is 0 Å². The highest BCUT2D eigenvalue weighted by Gasteiger charge is 1.92. The molecule has 0 atom stereocenters. The highest BCUT2D eigenvalue weighted by molar-refractivity contribution is 6.32. The number of carbonyl (C=O) groups is 1. The van der Waals surface area contributed by atoms with Gasteiger partial charge in [0, 0.05) is 5.56 Å². The zero-order valence-electron chi connectivity index (χ0n) is 10.4. The summed E-state index contributed by atoms with van der Waals surface area (Å²) in [4.78, 5) is 10.1. The molecule has 0 spiro atoms. The van der Waals surface area contributed by atoms with Crippen LogP contribution in [0.4, 0.5) is 0 Å². The second-order valence-corrected chi connectivity index (χ2v) is 4.02. The first-order valence-corrected chi connectivity index (χ1v) is 5.86. The lowest BCUT2D eigenvalue weighted by atomic mass is 10.2. The maximum absolute atomic E-state index is 10.1. The second kappa shape index (κ2) is 7.51. The second-order valence-electron chi connectivity index (χ2n) is 3.61. The average Bonchev–Trinajstić information content (AvgIpc) is 2.41. The lowest BCUT2D eigenvalue weighted by Crippen LogP contribution is -1.84. The van der Waals surface area contributed by atoms with Crippen molar-refractivity contribution in [3.63, 3.8) is 0 Å². The fourth-order valence-corrected chi connectivity index (χ4v) is 1.54. The molecule has 0 fully saturated rings. The Balaban J connectivity index is 0.000000180. The zero-order valence-corrected chi connectivity index (χ0v) is 11.1. The van der Waals surface area contributed by atoms with Crippen molar-refractivity contribution in [2.75, 3.05) is 7.11 Å². The summed E-state index contributed by atoms with van der Waals surface area (Å²) in [7, 11) is 1.68. The highest BCUT2D eigenvalue weighted by Crippen LogP contribution is 2.14. The van der Waals surface area contributed by atoms with Gasteiger partial charge in [-0.25, -0.2) is 0 Å². The van der Waals surface area contributed by atoms with E-state index in [2.05, 4.69) is 0 Å². The summed E-state index contributed by atoms with van der Waals surface area (Å²) in [6.45, 7) is 2.03. The van der Waals surface area contributed by atoms with Crippen LogP contribution in [-0.2, 0) is 0 Å². The lowest BCUT2D eigenvalue weighted by Gasteiger charge is -2.00.